The molecule has 4 heteroatoms. The molecule has 0 bridgehead atoms. The highest BCUT2D eigenvalue weighted by Gasteiger charge is 2.12. The Kier molecular flexibility index (Phi) is 4.10. The van der Waals surface area contributed by atoms with Crippen molar-refractivity contribution in [3.8, 4) is 11.5 Å². The average Bonchev–Trinajstić information content (AvgIpc) is 2.99. The Hall–Kier alpha value is -2.75. The van der Waals surface area contributed by atoms with Crippen LogP contribution in [0.5, 0.6) is 11.5 Å². The molecule has 0 aliphatic carbocycles. The summed E-state index contributed by atoms with van der Waals surface area (Å²) >= 11 is 0. The molecule has 112 valence electrons. The molecule has 1 aliphatic heterocycles. The van der Waals surface area contributed by atoms with Gasteiger partial charge in [0, 0.05) is 6.08 Å². The fourth-order valence-corrected chi connectivity index (χ4v) is 2.15. The molecule has 3 rings (SSSR count). The van der Waals surface area contributed by atoms with E-state index in [0.717, 1.165) is 22.4 Å². The van der Waals surface area contributed by atoms with Gasteiger partial charge in [0.05, 0.1) is 0 Å². The number of rotatable bonds is 4. The van der Waals surface area contributed by atoms with Crippen LogP contribution in [0.2, 0.25) is 0 Å². The predicted molar refractivity (Wildman–Crippen MR) is 82.6 cm³/mol. The predicted octanol–water partition coefficient (Wildman–Crippen LogP) is 3.48. The SMILES string of the molecule is Cc1ccccc1COC(=O)/C=C/c1ccc2c(c1)OCO2. The minimum atomic E-state index is -0.374. The maximum atomic E-state index is 11.8. The van der Waals surface area contributed by atoms with Crippen molar-refractivity contribution in [3.63, 3.8) is 0 Å². The normalized spacial score (nSPS) is 12.6. The third-order valence-corrected chi connectivity index (χ3v) is 3.44. The van der Waals surface area contributed by atoms with E-state index < -0.39 is 0 Å². The molecule has 0 N–H and O–H groups in total. The molecule has 1 heterocycles. The summed E-state index contributed by atoms with van der Waals surface area (Å²) in [5, 5.41) is 0. The van der Waals surface area contributed by atoms with E-state index in [1.807, 2.05) is 49.4 Å². The zero-order valence-corrected chi connectivity index (χ0v) is 12.2. The molecular weight excluding hydrogens is 280 g/mol. The fourth-order valence-electron chi connectivity index (χ4n) is 2.15. The molecule has 0 unspecified atom stereocenters. The minimum absolute atomic E-state index is 0.237. The largest absolute Gasteiger partial charge is 0.458 e. The number of esters is 1. The van der Waals surface area contributed by atoms with Gasteiger partial charge in [-0.25, -0.2) is 4.79 Å². The van der Waals surface area contributed by atoms with Crippen molar-refractivity contribution in [2.45, 2.75) is 13.5 Å². The maximum Gasteiger partial charge on any atom is 0.331 e. The van der Waals surface area contributed by atoms with Crippen LogP contribution < -0.4 is 9.47 Å². The van der Waals surface area contributed by atoms with Gasteiger partial charge in [-0.2, -0.15) is 0 Å². The van der Waals surface area contributed by atoms with Crippen LogP contribution in [0.15, 0.2) is 48.5 Å². The lowest BCUT2D eigenvalue weighted by atomic mass is 10.1. The maximum absolute atomic E-state index is 11.8. The Bertz CT molecular complexity index is 719. The summed E-state index contributed by atoms with van der Waals surface area (Å²) in [6.07, 6.45) is 3.11. The Balaban J connectivity index is 1.58. The standard InChI is InChI=1S/C18H16O4/c1-13-4-2-3-5-15(13)11-20-18(19)9-7-14-6-8-16-17(10-14)22-12-21-16/h2-10H,11-12H2,1H3/b9-7+. The highest BCUT2D eigenvalue weighted by molar-refractivity contribution is 5.87. The molecular formula is C18H16O4. The van der Waals surface area contributed by atoms with Gasteiger partial charge in [0.2, 0.25) is 6.79 Å². The van der Waals surface area contributed by atoms with Gasteiger partial charge in [0.1, 0.15) is 6.61 Å². The quantitative estimate of drug-likeness (QED) is 0.640. The summed E-state index contributed by atoms with van der Waals surface area (Å²) in [6.45, 7) is 2.50. The highest BCUT2D eigenvalue weighted by atomic mass is 16.7. The Morgan fingerprint density at radius 2 is 2.00 bits per heavy atom. The summed E-state index contributed by atoms with van der Waals surface area (Å²) in [7, 11) is 0. The topological polar surface area (TPSA) is 44.8 Å². The molecule has 22 heavy (non-hydrogen) atoms. The van der Waals surface area contributed by atoms with Gasteiger partial charge in [-0.3, -0.25) is 0 Å². The second-order valence-electron chi connectivity index (χ2n) is 4.98. The Morgan fingerprint density at radius 3 is 2.86 bits per heavy atom. The van der Waals surface area contributed by atoms with E-state index in [1.54, 1.807) is 6.08 Å². The summed E-state index contributed by atoms with van der Waals surface area (Å²) in [5.74, 6) is 1.04. The first-order valence-corrected chi connectivity index (χ1v) is 7.01. The molecule has 0 radical (unpaired) electrons. The minimum Gasteiger partial charge on any atom is -0.458 e. The Labute approximate surface area is 128 Å². The van der Waals surface area contributed by atoms with Crippen molar-refractivity contribution in [2.24, 2.45) is 0 Å². The number of fused-ring (bicyclic) bond motifs is 1. The number of carbonyl (C=O) groups is 1. The van der Waals surface area contributed by atoms with E-state index in [4.69, 9.17) is 14.2 Å². The average molecular weight is 296 g/mol. The smallest absolute Gasteiger partial charge is 0.331 e. The molecule has 0 saturated heterocycles. The number of aryl methyl sites for hydroxylation is 1. The van der Waals surface area contributed by atoms with Gasteiger partial charge in [-0.1, -0.05) is 30.3 Å². The monoisotopic (exact) mass is 296 g/mol. The first-order valence-electron chi connectivity index (χ1n) is 7.01. The molecule has 0 amide bonds. The van der Waals surface area contributed by atoms with Crippen LogP contribution in [0.3, 0.4) is 0 Å². The van der Waals surface area contributed by atoms with Crippen molar-refractivity contribution >= 4 is 12.0 Å². The van der Waals surface area contributed by atoms with Crippen molar-refractivity contribution in [1.29, 1.82) is 0 Å². The van der Waals surface area contributed by atoms with Gasteiger partial charge in [-0.05, 0) is 41.8 Å². The molecule has 2 aromatic rings. The second-order valence-corrected chi connectivity index (χ2v) is 4.98. The van der Waals surface area contributed by atoms with Crippen molar-refractivity contribution in [2.75, 3.05) is 6.79 Å². The van der Waals surface area contributed by atoms with Crippen LogP contribution in [0.1, 0.15) is 16.7 Å². The second kappa shape index (κ2) is 6.35. The molecule has 0 saturated carbocycles. The Morgan fingerprint density at radius 1 is 1.18 bits per heavy atom. The van der Waals surface area contributed by atoms with Gasteiger partial charge < -0.3 is 14.2 Å². The lowest BCUT2D eigenvalue weighted by Gasteiger charge is -2.05. The molecule has 0 spiro atoms. The summed E-state index contributed by atoms with van der Waals surface area (Å²) in [6, 6.07) is 13.3. The fraction of sp³-hybridized carbons (Fsp3) is 0.167. The van der Waals surface area contributed by atoms with Crippen LogP contribution in [0.25, 0.3) is 6.08 Å². The zero-order valence-electron chi connectivity index (χ0n) is 12.2. The van der Waals surface area contributed by atoms with Crippen molar-refractivity contribution in [3.05, 3.63) is 65.2 Å². The molecule has 4 nitrogen and oxygen atoms in total. The van der Waals surface area contributed by atoms with Crippen molar-refractivity contribution < 1.29 is 19.0 Å². The van der Waals surface area contributed by atoms with Gasteiger partial charge in [0.25, 0.3) is 0 Å². The van der Waals surface area contributed by atoms with Crippen LogP contribution in [-0.4, -0.2) is 12.8 Å². The number of benzene rings is 2. The summed E-state index contributed by atoms with van der Waals surface area (Å²) in [5.41, 5.74) is 2.97. The molecule has 2 aromatic carbocycles. The van der Waals surface area contributed by atoms with Gasteiger partial charge in [-0.15, -0.1) is 0 Å². The van der Waals surface area contributed by atoms with E-state index in [9.17, 15) is 4.79 Å². The van der Waals surface area contributed by atoms with Gasteiger partial charge >= 0.3 is 5.97 Å². The van der Waals surface area contributed by atoms with Crippen LogP contribution in [0, 0.1) is 6.92 Å². The number of ether oxygens (including phenoxy) is 3. The molecule has 0 atom stereocenters. The van der Waals surface area contributed by atoms with E-state index in [0.29, 0.717) is 5.75 Å². The van der Waals surface area contributed by atoms with Gasteiger partial charge in [0.15, 0.2) is 11.5 Å². The van der Waals surface area contributed by atoms with Crippen LogP contribution in [-0.2, 0) is 16.1 Å². The third kappa shape index (κ3) is 3.28. The number of carbonyl (C=O) groups excluding carboxylic acids is 1. The number of hydrogen-bond acceptors (Lipinski definition) is 4. The first kappa shape index (κ1) is 14.2. The van der Waals surface area contributed by atoms with Crippen LogP contribution in [0.4, 0.5) is 0 Å². The van der Waals surface area contributed by atoms with Crippen molar-refractivity contribution in [1.82, 2.24) is 0 Å². The lowest BCUT2D eigenvalue weighted by molar-refractivity contribution is -0.138. The third-order valence-electron chi connectivity index (χ3n) is 3.44. The first-order chi connectivity index (χ1) is 10.7. The van der Waals surface area contributed by atoms with E-state index >= 15 is 0 Å². The summed E-state index contributed by atoms with van der Waals surface area (Å²) < 4.78 is 15.8. The summed E-state index contributed by atoms with van der Waals surface area (Å²) in [4.78, 5) is 11.8. The highest BCUT2D eigenvalue weighted by Crippen LogP contribution is 2.32. The molecule has 1 aliphatic rings. The number of hydrogen-bond donors (Lipinski definition) is 0. The van der Waals surface area contributed by atoms with E-state index in [2.05, 4.69) is 0 Å². The van der Waals surface area contributed by atoms with Crippen LogP contribution >= 0.6 is 0 Å². The lowest BCUT2D eigenvalue weighted by Crippen LogP contribution is -2.01. The molecule has 0 fully saturated rings. The zero-order chi connectivity index (χ0) is 15.4. The molecule has 0 aromatic heterocycles. The van der Waals surface area contributed by atoms with E-state index in [-0.39, 0.29) is 19.4 Å². The van der Waals surface area contributed by atoms with E-state index in [1.165, 1.54) is 6.08 Å².